The van der Waals surface area contributed by atoms with Crippen LogP contribution in [0.25, 0.3) is 0 Å². The zero-order valence-corrected chi connectivity index (χ0v) is 19.1. The van der Waals surface area contributed by atoms with E-state index in [-0.39, 0.29) is 18.6 Å². The fraction of sp³-hybridized carbons (Fsp3) is 0.864. The van der Waals surface area contributed by atoms with Crippen LogP contribution in [-0.4, -0.2) is 78.4 Å². The molecule has 3 aliphatic rings. The Balaban J connectivity index is 1.98. The van der Waals surface area contributed by atoms with Crippen LogP contribution in [0.4, 0.5) is 4.79 Å². The number of methoxy groups -OCH3 is 2. The molecule has 2 aliphatic heterocycles. The van der Waals surface area contributed by atoms with Gasteiger partial charge in [-0.05, 0) is 47.5 Å². The van der Waals surface area contributed by atoms with E-state index in [1.807, 2.05) is 20.8 Å². The average molecular weight is 426 g/mol. The Morgan fingerprint density at radius 3 is 2.27 bits per heavy atom. The van der Waals surface area contributed by atoms with E-state index in [0.29, 0.717) is 13.0 Å². The molecular weight excluding hydrogens is 390 g/mol. The number of carbonyl (C=O) groups is 1. The smallest absolute Gasteiger partial charge is 0.410 e. The number of likely N-dealkylation sites (tertiary alicyclic amines) is 1. The van der Waals surface area contributed by atoms with Crippen LogP contribution in [0, 0.1) is 17.8 Å². The van der Waals surface area contributed by atoms with Crippen molar-refractivity contribution >= 4 is 6.09 Å². The van der Waals surface area contributed by atoms with Gasteiger partial charge in [0.15, 0.2) is 0 Å². The number of nitrogens with zero attached hydrogens (tertiary/aromatic N) is 1. The summed E-state index contributed by atoms with van der Waals surface area (Å²) in [6, 6.07) is 0. The molecule has 30 heavy (non-hydrogen) atoms. The lowest BCUT2D eigenvalue weighted by Crippen LogP contribution is -2.72. The molecule has 2 heterocycles. The van der Waals surface area contributed by atoms with Gasteiger partial charge in [0.05, 0.1) is 24.6 Å². The lowest BCUT2D eigenvalue weighted by atomic mass is 9.81. The number of hydrogen-bond acceptors (Lipinski definition) is 7. The molecule has 8 nitrogen and oxygen atoms in total. The van der Waals surface area contributed by atoms with Crippen LogP contribution < -0.4 is 0 Å². The summed E-state index contributed by atoms with van der Waals surface area (Å²) in [6.45, 7) is 9.39. The first-order valence-electron chi connectivity index (χ1n) is 10.5. The Labute approximate surface area is 179 Å². The second-order valence-corrected chi connectivity index (χ2v) is 9.51. The van der Waals surface area contributed by atoms with Gasteiger partial charge in [0.2, 0.25) is 11.6 Å². The Morgan fingerprint density at radius 1 is 1.17 bits per heavy atom. The fourth-order valence-corrected chi connectivity index (χ4v) is 4.37. The lowest BCUT2D eigenvalue weighted by molar-refractivity contribution is -0.456. The van der Waals surface area contributed by atoms with Crippen molar-refractivity contribution in [2.75, 3.05) is 27.4 Å². The summed E-state index contributed by atoms with van der Waals surface area (Å²) < 4.78 is 29.8. The molecule has 8 heteroatoms. The van der Waals surface area contributed by atoms with Crippen LogP contribution in [0.2, 0.25) is 0 Å². The van der Waals surface area contributed by atoms with Gasteiger partial charge >= 0.3 is 6.09 Å². The van der Waals surface area contributed by atoms with Gasteiger partial charge in [-0.3, -0.25) is 4.90 Å². The molecule has 1 N–H and O–H groups in total. The van der Waals surface area contributed by atoms with Crippen LogP contribution in [0.5, 0.6) is 0 Å². The van der Waals surface area contributed by atoms with Crippen molar-refractivity contribution < 1.29 is 33.6 Å². The van der Waals surface area contributed by atoms with Crippen molar-refractivity contribution in [3.63, 3.8) is 0 Å². The molecule has 0 bridgehead atoms. The number of piperidine rings is 1. The van der Waals surface area contributed by atoms with E-state index in [1.54, 1.807) is 25.9 Å². The van der Waals surface area contributed by atoms with Crippen LogP contribution in [0.15, 0.2) is 0 Å². The molecule has 3 fully saturated rings. The lowest BCUT2D eigenvalue weighted by Gasteiger charge is -2.57. The molecule has 5 unspecified atom stereocenters. The van der Waals surface area contributed by atoms with Crippen molar-refractivity contribution in [3.05, 3.63) is 0 Å². The normalized spacial score (nSPS) is 37.2. The van der Waals surface area contributed by atoms with Crippen LogP contribution >= 0.6 is 0 Å². The number of rotatable bonds is 3. The fourth-order valence-electron chi connectivity index (χ4n) is 4.37. The van der Waals surface area contributed by atoms with Gasteiger partial charge in [-0.25, -0.2) is 4.79 Å². The topological polar surface area (TPSA) is 86.7 Å². The van der Waals surface area contributed by atoms with Crippen LogP contribution in [0.1, 0.15) is 53.9 Å². The van der Waals surface area contributed by atoms with E-state index in [9.17, 15) is 9.90 Å². The van der Waals surface area contributed by atoms with E-state index >= 15 is 0 Å². The monoisotopic (exact) mass is 425 g/mol. The number of amides is 1. The molecule has 0 radical (unpaired) electrons. The minimum atomic E-state index is -1.17. The molecule has 170 valence electrons. The minimum Gasteiger partial charge on any atom is -0.444 e. The summed E-state index contributed by atoms with van der Waals surface area (Å²) in [7, 11) is 3.09. The summed E-state index contributed by atoms with van der Waals surface area (Å²) >= 11 is 0. The third kappa shape index (κ3) is 3.94. The zero-order valence-electron chi connectivity index (χ0n) is 19.1. The molecule has 1 amide bonds. The summed E-state index contributed by atoms with van der Waals surface area (Å²) in [6.07, 6.45) is 0.714. The molecule has 0 aromatic rings. The van der Waals surface area contributed by atoms with Gasteiger partial charge in [-0.1, -0.05) is 5.92 Å². The number of fused-ring (bicyclic) bond motifs is 1. The first kappa shape index (κ1) is 23.3. The summed E-state index contributed by atoms with van der Waals surface area (Å²) in [5, 5.41) is 9.18. The van der Waals surface area contributed by atoms with Gasteiger partial charge in [0, 0.05) is 20.6 Å². The van der Waals surface area contributed by atoms with Crippen LogP contribution in [0.3, 0.4) is 0 Å². The van der Waals surface area contributed by atoms with Crippen molar-refractivity contribution in [2.24, 2.45) is 5.92 Å². The molecule has 1 saturated carbocycles. The Hall–Kier alpha value is -1.37. The first-order chi connectivity index (χ1) is 14.0. The highest BCUT2D eigenvalue weighted by Gasteiger charge is 2.68. The first-order valence-corrected chi connectivity index (χ1v) is 10.5. The molecule has 2 saturated heterocycles. The predicted molar refractivity (Wildman–Crippen MR) is 108 cm³/mol. The van der Waals surface area contributed by atoms with E-state index in [2.05, 4.69) is 11.8 Å². The molecule has 0 aromatic carbocycles. The second-order valence-electron chi connectivity index (χ2n) is 9.51. The summed E-state index contributed by atoms with van der Waals surface area (Å²) in [5.74, 6) is 3.69. The van der Waals surface area contributed by atoms with Crippen LogP contribution in [-0.2, 0) is 23.7 Å². The van der Waals surface area contributed by atoms with E-state index in [1.165, 1.54) is 7.11 Å². The number of carbonyl (C=O) groups excluding carboxylic acids is 1. The summed E-state index contributed by atoms with van der Waals surface area (Å²) in [5.41, 5.74) is -1.08. The molecule has 3 rings (SSSR count). The van der Waals surface area contributed by atoms with Gasteiger partial charge in [-0.15, -0.1) is 5.92 Å². The van der Waals surface area contributed by atoms with Gasteiger partial charge in [0.1, 0.15) is 17.8 Å². The van der Waals surface area contributed by atoms with E-state index in [0.717, 1.165) is 12.8 Å². The minimum absolute atomic E-state index is 0.0223. The van der Waals surface area contributed by atoms with Crippen molar-refractivity contribution in [2.45, 2.75) is 88.8 Å². The number of hydrogen-bond donors (Lipinski definition) is 1. The molecule has 5 atom stereocenters. The molecule has 1 aliphatic carbocycles. The Morgan fingerprint density at radius 2 is 1.77 bits per heavy atom. The highest BCUT2D eigenvalue weighted by atomic mass is 16.8. The number of aliphatic hydroxyl groups is 1. The zero-order chi connectivity index (χ0) is 22.4. The maximum atomic E-state index is 13.1. The van der Waals surface area contributed by atoms with E-state index in [4.69, 9.17) is 23.7 Å². The quantitative estimate of drug-likeness (QED) is 0.694. The van der Waals surface area contributed by atoms with Gasteiger partial charge in [-0.2, -0.15) is 0 Å². The van der Waals surface area contributed by atoms with Gasteiger partial charge in [0.25, 0.3) is 0 Å². The molecular formula is C22H35NO7. The largest absolute Gasteiger partial charge is 0.444 e. The maximum Gasteiger partial charge on any atom is 0.410 e. The number of ether oxygens (including phenoxy) is 5. The Bertz CT molecular complexity index is 719. The van der Waals surface area contributed by atoms with E-state index < -0.39 is 34.9 Å². The SMILES string of the molecule is COC1(C)OC2CN(C(=O)OC(C)(C)C)C3(CC3)C(C#CCCO)C2OC1(C)OC. The Kier molecular flexibility index (Phi) is 6.18. The molecule has 1 spiro atoms. The average Bonchev–Trinajstić information content (AvgIpc) is 3.45. The van der Waals surface area contributed by atoms with Gasteiger partial charge < -0.3 is 28.8 Å². The predicted octanol–water partition coefficient (Wildman–Crippen LogP) is 2.28. The second kappa shape index (κ2) is 7.95. The number of aliphatic hydroxyl groups excluding tert-OH is 1. The van der Waals surface area contributed by atoms with Crippen molar-refractivity contribution in [3.8, 4) is 11.8 Å². The maximum absolute atomic E-state index is 13.1. The third-order valence-corrected chi connectivity index (χ3v) is 6.39. The molecule has 0 aromatic heterocycles. The van der Waals surface area contributed by atoms with Crippen molar-refractivity contribution in [1.29, 1.82) is 0 Å². The highest BCUT2D eigenvalue weighted by molar-refractivity contribution is 5.70. The third-order valence-electron chi connectivity index (χ3n) is 6.39. The highest BCUT2D eigenvalue weighted by Crippen LogP contribution is 2.56. The van der Waals surface area contributed by atoms with Crippen molar-refractivity contribution in [1.82, 2.24) is 4.90 Å². The summed E-state index contributed by atoms with van der Waals surface area (Å²) in [4.78, 5) is 14.9. The standard InChI is InChI=1S/C22H35NO7/c1-19(2,3)30-18(25)23-14-16-17(15(10-8-9-13-24)22(23)11-12-22)29-21(5,27-7)20(4,26-6)28-16/h15-17,24H,9,11-14H2,1-7H3.